The molecule has 3 rings (SSSR count). The number of fused-ring (bicyclic) bond motifs is 1. The molecule has 3 aromatic rings. The van der Waals surface area contributed by atoms with Crippen LogP contribution in [0.3, 0.4) is 0 Å². The first-order valence-corrected chi connectivity index (χ1v) is 5.73. The van der Waals surface area contributed by atoms with Crippen LogP contribution in [-0.4, -0.2) is 10.9 Å². The minimum absolute atomic E-state index is 0.173. The lowest BCUT2D eigenvalue weighted by atomic mass is 10.2. The standard InChI is InChI=1S/C14H8F2N2O2/c15-10-3-2-9(6-11(10)16)18-14(19)8-1-4-12-13(5-8)20-7-17-12/h1-7H,(H,18,19). The average Bonchev–Trinajstić information content (AvgIpc) is 2.90. The molecule has 0 bridgehead atoms. The molecular formula is C14H8F2N2O2. The number of halogens is 2. The molecule has 4 nitrogen and oxygen atoms in total. The minimum Gasteiger partial charge on any atom is -0.443 e. The lowest BCUT2D eigenvalue weighted by molar-refractivity contribution is 0.102. The highest BCUT2D eigenvalue weighted by Crippen LogP contribution is 2.17. The van der Waals surface area contributed by atoms with Gasteiger partial charge < -0.3 is 9.73 Å². The number of rotatable bonds is 2. The van der Waals surface area contributed by atoms with E-state index < -0.39 is 17.5 Å². The Bertz CT molecular complexity index is 799. The summed E-state index contributed by atoms with van der Waals surface area (Å²) in [4.78, 5) is 15.9. The maximum Gasteiger partial charge on any atom is 0.255 e. The second kappa shape index (κ2) is 4.73. The second-order valence-corrected chi connectivity index (χ2v) is 4.12. The number of carbonyl (C=O) groups excluding carboxylic acids is 1. The van der Waals surface area contributed by atoms with Gasteiger partial charge in [-0.05, 0) is 30.3 Å². The largest absolute Gasteiger partial charge is 0.443 e. The van der Waals surface area contributed by atoms with Crippen LogP contribution in [0.1, 0.15) is 10.4 Å². The van der Waals surface area contributed by atoms with Gasteiger partial charge in [0.2, 0.25) is 0 Å². The van der Waals surface area contributed by atoms with E-state index >= 15 is 0 Å². The van der Waals surface area contributed by atoms with Crippen LogP contribution in [-0.2, 0) is 0 Å². The van der Waals surface area contributed by atoms with E-state index in [9.17, 15) is 13.6 Å². The summed E-state index contributed by atoms with van der Waals surface area (Å²) in [7, 11) is 0. The van der Waals surface area contributed by atoms with Crippen LogP contribution in [0.5, 0.6) is 0 Å². The summed E-state index contributed by atoms with van der Waals surface area (Å²) in [6.45, 7) is 0. The molecule has 1 aromatic heterocycles. The van der Waals surface area contributed by atoms with Gasteiger partial charge >= 0.3 is 0 Å². The summed E-state index contributed by atoms with van der Waals surface area (Å²) < 4.78 is 30.9. The number of aromatic nitrogens is 1. The summed E-state index contributed by atoms with van der Waals surface area (Å²) in [6.07, 6.45) is 1.28. The van der Waals surface area contributed by atoms with Gasteiger partial charge in [0.05, 0.1) is 0 Å². The van der Waals surface area contributed by atoms with Crippen molar-refractivity contribution in [3.8, 4) is 0 Å². The number of amides is 1. The molecule has 0 fully saturated rings. The highest BCUT2D eigenvalue weighted by molar-refractivity contribution is 6.05. The van der Waals surface area contributed by atoms with Crippen molar-refractivity contribution >= 4 is 22.7 Å². The number of anilines is 1. The zero-order chi connectivity index (χ0) is 14.1. The van der Waals surface area contributed by atoms with Crippen LogP contribution in [0, 0.1) is 11.6 Å². The van der Waals surface area contributed by atoms with Crippen molar-refractivity contribution in [1.29, 1.82) is 0 Å². The lowest BCUT2D eigenvalue weighted by Crippen LogP contribution is -2.12. The fourth-order valence-corrected chi connectivity index (χ4v) is 1.77. The molecule has 0 aliphatic heterocycles. The van der Waals surface area contributed by atoms with Gasteiger partial charge in [0.1, 0.15) is 5.52 Å². The van der Waals surface area contributed by atoms with Gasteiger partial charge in [-0.15, -0.1) is 0 Å². The number of nitrogens with one attached hydrogen (secondary N) is 1. The van der Waals surface area contributed by atoms with E-state index in [0.29, 0.717) is 16.7 Å². The Morgan fingerprint density at radius 3 is 2.75 bits per heavy atom. The van der Waals surface area contributed by atoms with Crippen LogP contribution in [0.2, 0.25) is 0 Å². The van der Waals surface area contributed by atoms with Gasteiger partial charge in [-0.1, -0.05) is 0 Å². The first-order chi connectivity index (χ1) is 9.63. The summed E-state index contributed by atoms with van der Waals surface area (Å²) in [5.74, 6) is -2.44. The Morgan fingerprint density at radius 1 is 1.10 bits per heavy atom. The number of oxazole rings is 1. The number of hydrogen-bond acceptors (Lipinski definition) is 3. The highest BCUT2D eigenvalue weighted by Gasteiger charge is 2.10. The van der Waals surface area contributed by atoms with E-state index in [2.05, 4.69) is 10.3 Å². The highest BCUT2D eigenvalue weighted by atomic mass is 19.2. The third-order valence-electron chi connectivity index (χ3n) is 2.77. The summed E-state index contributed by atoms with van der Waals surface area (Å²) in [5, 5.41) is 2.48. The molecule has 2 aromatic carbocycles. The van der Waals surface area contributed by atoms with E-state index in [1.54, 1.807) is 12.1 Å². The van der Waals surface area contributed by atoms with Crippen molar-refractivity contribution in [2.75, 3.05) is 5.32 Å². The Morgan fingerprint density at radius 2 is 1.95 bits per heavy atom. The van der Waals surface area contributed by atoms with Gasteiger partial charge in [-0.25, -0.2) is 13.8 Å². The van der Waals surface area contributed by atoms with E-state index in [1.165, 1.54) is 18.5 Å². The molecule has 0 aliphatic rings. The third-order valence-corrected chi connectivity index (χ3v) is 2.77. The summed E-state index contributed by atoms with van der Waals surface area (Å²) >= 11 is 0. The van der Waals surface area contributed by atoms with Crippen molar-refractivity contribution in [3.63, 3.8) is 0 Å². The van der Waals surface area contributed by atoms with E-state index in [-0.39, 0.29) is 5.69 Å². The predicted octanol–water partition coefficient (Wildman–Crippen LogP) is 3.36. The molecule has 0 saturated heterocycles. The van der Waals surface area contributed by atoms with Crippen LogP contribution < -0.4 is 5.32 Å². The van der Waals surface area contributed by atoms with Crippen LogP contribution in [0.15, 0.2) is 47.2 Å². The summed E-state index contributed by atoms with van der Waals surface area (Å²) in [5.41, 5.74) is 1.61. The summed E-state index contributed by atoms with van der Waals surface area (Å²) in [6, 6.07) is 7.88. The Hall–Kier alpha value is -2.76. The molecule has 0 atom stereocenters. The first-order valence-electron chi connectivity index (χ1n) is 5.73. The van der Waals surface area contributed by atoms with E-state index in [1.807, 2.05) is 0 Å². The van der Waals surface area contributed by atoms with E-state index in [4.69, 9.17) is 4.42 Å². The molecule has 100 valence electrons. The zero-order valence-electron chi connectivity index (χ0n) is 10.1. The minimum atomic E-state index is -1.02. The number of carbonyl (C=O) groups is 1. The molecule has 0 radical (unpaired) electrons. The quantitative estimate of drug-likeness (QED) is 0.779. The fraction of sp³-hybridized carbons (Fsp3) is 0. The molecule has 20 heavy (non-hydrogen) atoms. The maximum absolute atomic E-state index is 13.0. The average molecular weight is 274 g/mol. The molecule has 0 unspecified atom stereocenters. The monoisotopic (exact) mass is 274 g/mol. The van der Waals surface area contributed by atoms with Gasteiger partial charge in [0.25, 0.3) is 5.91 Å². The van der Waals surface area contributed by atoms with Crippen molar-refractivity contribution < 1.29 is 18.0 Å². The van der Waals surface area contributed by atoms with Gasteiger partial charge in [0.15, 0.2) is 23.6 Å². The van der Waals surface area contributed by atoms with E-state index in [0.717, 1.165) is 12.1 Å². The Balaban J connectivity index is 1.86. The van der Waals surface area contributed by atoms with Gasteiger partial charge in [0, 0.05) is 17.3 Å². The number of benzene rings is 2. The van der Waals surface area contributed by atoms with Crippen LogP contribution in [0.25, 0.3) is 11.1 Å². The fourth-order valence-electron chi connectivity index (χ4n) is 1.77. The lowest BCUT2D eigenvalue weighted by Gasteiger charge is -2.05. The Kier molecular flexibility index (Phi) is 2.90. The molecule has 0 aliphatic carbocycles. The zero-order valence-corrected chi connectivity index (χ0v) is 10.1. The van der Waals surface area contributed by atoms with Crippen molar-refractivity contribution in [2.45, 2.75) is 0 Å². The van der Waals surface area contributed by atoms with Crippen molar-refractivity contribution in [3.05, 3.63) is 60.0 Å². The van der Waals surface area contributed by atoms with Gasteiger partial charge in [-0.2, -0.15) is 0 Å². The topological polar surface area (TPSA) is 55.1 Å². The Labute approximate surface area is 112 Å². The molecule has 6 heteroatoms. The van der Waals surface area contributed by atoms with Crippen LogP contribution >= 0.6 is 0 Å². The normalized spacial score (nSPS) is 10.7. The maximum atomic E-state index is 13.0. The molecule has 0 spiro atoms. The molecule has 1 N–H and O–H groups in total. The molecular weight excluding hydrogens is 266 g/mol. The SMILES string of the molecule is O=C(Nc1ccc(F)c(F)c1)c1ccc2ncoc2c1. The number of nitrogens with zero attached hydrogens (tertiary/aromatic N) is 1. The van der Waals surface area contributed by atoms with Gasteiger partial charge in [-0.3, -0.25) is 4.79 Å². The third kappa shape index (κ3) is 2.23. The second-order valence-electron chi connectivity index (χ2n) is 4.12. The van der Waals surface area contributed by atoms with Crippen molar-refractivity contribution in [1.82, 2.24) is 4.98 Å². The molecule has 1 amide bonds. The van der Waals surface area contributed by atoms with Crippen molar-refractivity contribution in [2.24, 2.45) is 0 Å². The molecule has 1 heterocycles. The first kappa shape index (κ1) is 12.3. The molecule has 0 saturated carbocycles. The smallest absolute Gasteiger partial charge is 0.255 e. The predicted molar refractivity (Wildman–Crippen MR) is 68.3 cm³/mol. The van der Waals surface area contributed by atoms with Crippen LogP contribution in [0.4, 0.5) is 14.5 Å². The number of hydrogen-bond donors (Lipinski definition) is 1.